The Kier molecular flexibility index (Phi) is 4.54. The van der Waals surface area contributed by atoms with Gasteiger partial charge in [0.1, 0.15) is 12.4 Å². The van der Waals surface area contributed by atoms with Crippen molar-refractivity contribution in [2.24, 2.45) is 0 Å². The summed E-state index contributed by atoms with van der Waals surface area (Å²) in [5.74, 6) is 0.317. The lowest BCUT2D eigenvalue weighted by atomic mass is 10.2. The summed E-state index contributed by atoms with van der Waals surface area (Å²) in [6.45, 7) is 0.560. The number of hydrogen-bond acceptors (Lipinski definition) is 7. The molecule has 1 aromatic carbocycles. The number of benzene rings is 1. The van der Waals surface area contributed by atoms with Crippen molar-refractivity contribution in [3.63, 3.8) is 0 Å². The first-order valence-corrected chi connectivity index (χ1v) is 7.69. The highest BCUT2D eigenvalue weighted by atomic mass is 32.1. The summed E-state index contributed by atoms with van der Waals surface area (Å²) in [6, 6.07) is 7.58. The molecule has 0 spiro atoms. The van der Waals surface area contributed by atoms with Gasteiger partial charge in [0.25, 0.3) is 0 Å². The van der Waals surface area contributed by atoms with Gasteiger partial charge in [-0.05, 0) is 24.3 Å². The average molecular weight is 333 g/mol. The molecule has 3 rings (SSSR count). The number of nitrogens with zero attached hydrogens (tertiary/aromatic N) is 3. The number of imidazole rings is 1. The van der Waals surface area contributed by atoms with Gasteiger partial charge in [0, 0.05) is 12.7 Å². The summed E-state index contributed by atoms with van der Waals surface area (Å²) in [5.41, 5.74) is 1.73. The van der Waals surface area contributed by atoms with Crippen LogP contribution in [-0.4, -0.2) is 48.0 Å². The fourth-order valence-electron chi connectivity index (χ4n) is 1.96. The van der Waals surface area contributed by atoms with Gasteiger partial charge in [-0.15, -0.1) is 5.10 Å². The van der Waals surface area contributed by atoms with Crippen LogP contribution in [0.15, 0.2) is 30.5 Å². The topological polar surface area (TPSA) is 75.0 Å². The molecule has 0 fully saturated rings. The van der Waals surface area contributed by atoms with Crippen molar-refractivity contribution >= 4 is 22.3 Å². The molecule has 0 amide bonds. The lowest BCUT2D eigenvalue weighted by Crippen LogP contribution is -2.09. The summed E-state index contributed by atoms with van der Waals surface area (Å²) in [5, 5.41) is 4.47. The van der Waals surface area contributed by atoms with E-state index < -0.39 is 5.97 Å². The van der Waals surface area contributed by atoms with E-state index in [-0.39, 0.29) is 11.6 Å². The fourth-order valence-corrected chi connectivity index (χ4v) is 2.74. The minimum absolute atomic E-state index is 0.203. The zero-order valence-electron chi connectivity index (χ0n) is 12.7. The van der Waals surface area contributed by atoms with Crippen LogP contribution in [0, 0.1) is 0 Å². The number of ether oxygens (including phenoxy) is 3. The number of fused-ring (bicyclic) bond motifs is 1. The van der Waals surface area contributed by atoms with Crippen LogP contribution >= 0.6 is 11.3 Å². The monoisotopic (exact) mass is 333 g/mol. The normalized spacial score (nSPS) is 10.9. The number of carbonyl (C=O) groups excluding carboxylic acids is 1. The molecule has 120 valence electrons. The number of rotatable bonds is 6. The molecule has 0 atom stereocenters. The number of esters is 1. The standard InChI is InChI=1S/C15H15N3O4S/c1-20-7-8-22-14(19)13-17-18-9-12(16-15(18)23-13)10-3-5-11(21-2)6-4-10/h3-6,9H,7-8H2,1-2H3. The van der Waals surface area contributed by atoms with Gasteiger partial charge in [-0.1, -0.05) is 11.3 Å². The smallest absolute Gasteiger partial charge is 0.369 e. The van der Waals surface area contributed by atoms with Gasteiger partial charge in [0.05, 0.1) is 25.6 Å². The molecule has 8 heteroatoms. The number of hydrogen-bond donors (Lipinski definition) is 0. The summed E-state index contributed by atoms with van der Waals surface area (Å²) in [6.07, 6.45) is 1.78. The predicted octanol–water partition coefficient (Wildman–Crippen LogP) is 2.27. The van der Waals surface area contributed by atoms with Gasteiger partial charge in [0.15, 0.2) is 0 Å². The van der Waals surface area contributed by atoms with Gasteiger partial charge < -0.3 is 14.2 Å². The highest BCUT2D eigenvalue weighted by molar-refractivity contribution is 7.18. The zero-order valence-corrected chi connectivity index (χ0v) is 13.5. The van der Waals surface area contributed by atoms with Gasteiger partial charge in [-0.2, -0.15) is 0 Å². The van der Waals surface area contributed by atoms with Gasteiger partial charge in [0.2, 0.25) is 9.97 Å². The lowest BCUT2D eigenvalue weighted by Gasteiger charge is -2.00. The molecular weight excluding hydrogens is 318 g/mol. The maximum atomic E-state index is 11.8. The Morgan fingerprint density at radius 2 is 2.00 bits per heavy atom. The van der Waals surface area contributed by atoms with Crippen molar-refractivity contribution in [3.8, 4) is 17.0 Å². The SMILES string of the molecule is COCCOC(=O)c1nn2cc(-c3ccc(OC)cc3)nc2s1. The molecule has 2 heterocycles. The Morgan fingerprint density at radius 1 is 1.22 bits per heavy atom. The Labute approximate surface area is 136 Å². The van der Waals surface area contributed by atoms with Crippen LogP contribution in [0.3, 0.4) is 0 Å². The van der Waals surface area contributed by atoms with Crippen LogP contribution in [0.4, 0.5) is 0 Å². The van der Waals surface area contributed by atoms with E-state index >= 15 is 0 Å². The molecule has 0 aliphatic carbocycles. The predicted molar refractivity (Wildman–Crippen MR) is 85.0 cm³/mol. The van der Waals surface area contributed by atoms with Gasteiger partial charge in [-0.3, -0.25) is 0 Å². The number of aromatic nitrogens is 3. The number of carbonyl (C=O) groups is 1. The molecular formula is C15H15N3O4S. The van der Waals surface area contributed by atoms with Crippen molar-refractivity contribution in [1.29, 1.82) is 0 Å². The molecule has 0 aliphatic rings. The quantitative estimate of drug-likeness (QED) is 0.509. The fraction of sp³-hybridized carbons (Fsp3) is 0.267. The van der Waals surface area contributed by atoms with Crippen LogP contribution < -0.4 is 4.74 Å². The minimum atomic E-state index is -0.469. The third-order valence-electron chi connectivity index (χ3n) is 3.12. The van der Waals surface area contributed by atoms with Crippen LogP contribution in [-0.2, 0) is 9.47 Å². The molecule has 0 aliphatic heterocycles. The van der Waals surface area contributed by atoms with Crippen LogP contribution in [0.25, 0.3) is 16.2 Å². The van der Waals surface area contributed by atoms with Crippen molar-refractivity contribution in [1.82, 2.24) is 14.6 Å². The first-order valence-electron chi connectivity index (χ1n) is 6.88. The Bertz CT molecular complexity index is 778. The third-order valence-corrected chi connectivity index (χ3v) is 4.03. The molecule has 0 radical (unpaired) electrons. The second kappa shape index (κ2) is 6.76. The summed E-state index contributed by atoms with van der Waals surface area (Å²) in [7, 11) is 3.17. The highest BCUT2D eigenvalue weighted by Gasteiger charge is 2.16. The average Bonchev–Trinajstić information content (AvgIpc) is 3.14. The third kappa shape index (κ3) is 3.33. The maximum Gasteiger partial charge on any atom is 0.369 e. The highest BCUT2D eigenvalue weighted by Crippen LogP contribution is 2.24. The molecule has 0 saturated heterocycles. The van der Waals surface area contributed by atoms with Gasteiger partial charge >= 0.3 is 5.97 Å². The van der Waals surface area contributed by atoms with E-state index in [2.05, 4.69) is 10.1 Å². The second-order valence-corrected chi connectivity index (χ2v) is 5.57. The first kappa shape index (κ1) is 15.4. The van der Waals surface area contributed by atoms with E-state index in [0.29, 0.717) is 11.6 Å². The minimum Gasteiger partial charge on any atom is -0.497 e. The van der Waals surface area contributed by atoms with E-state index in [1.807, 2.05) is 24.3 Å². The molecule has 7 nitrogen and oxygen atoms in total. The zero-order chi connectivity index (χ0) is 16.2. The van der Waals surface area contributed by atoms with Crippen LogP contribution in [0.1, 0.15) is 9.80 Å². The van der Waals surface area contributed by atoms with Crippen molar-refractivity contribution in [3.05, 3.63) is 35.5 Å². The molecule has 2 aromatic heterocycles. The lowest BCUT2D eigenvalue weighted by molar-refractivity contribution is 0.0386. The molecule has 3 aromatic rings. The molecule has 0 saturated carbocycles. The Hall–Kier alpha value is -2.45. The number of methoxy groups -OCH3 is 2. The summed E-state index contributed by atoms with van der Waals surface area (Å²) < 4.78 is 16.6. The van der Waals surface area contributed by atoms with Crippen LogP contribution in [0.2, 0.25) is 0 Å². The van der Waals surface area contributed by atoms with Crippen LogP contribution in [0.5, 0.6) is 5.75 Å². The summed E-state index contributed by atoms with van der Waals surface area (Å²) in [4.78, 5) is 16.9. The first-order chi connectivity index (χ1) is 11.2. The largest absolute Gasteiger partial charge is 0.497 e. The Morgan fingerprint density at radius 3 is 2.65 bits per heavy atom. The van der Waals surface area contributed by atoms with E-state index in [1.54, 1.807) is 24.9 Å². The maximum absolute atomic E-state index is 11.8. The van der Waals surface area contributed by atoms with E-state index in [9.17, 15) is 4.79 Å². The van der Waals surface area contributed by atoms with Gasteiger partial charge in [-0.25, -0.2) is 14.3 Å². The molecule has 0 unspecified atom stereocenters. The van der Waals surface area contributed by atoms with E-state index in [1.165, 1.54) is 11.3 Å². The molecule has 23 heavy (non-hydrogen) atoms. The summed E-state index contributed by atoms with van der Waals surface area (Å²) >= 11 is 1.19. The van der Waals surface area contributed by atoms with Crippen molar-refractivity contribution < 1.29 is 19.0 Å². The second-order valence-electron chi connectivity index (χ2n) is 4.62. The molecule has 0 bridgehead atoms. The molecule has 0 N–H and O–H groups in total. The van der Waals surface area contributed by atoms with Crippen molar-refractivity contribution in [2.75, 3.05) is 27.4 Å². The van der Waals surface area contributed by atoms with E-state index in [0.717, 1.165) is 17.0 Å². The van der Waals surface area contributed by atoms with Crippen molar-refractivity contribution in [2.45, 2.75) is 0 Å². The Balaban J connectivity index is 1.78. The van der Waals surface area contributed by atoms with E-state index in [4.69, 9.17) is 14.2 Å².